The summed E-state index contributed by atoms with van der Waals surface area (Å²) in [7, 11) is 0. The summed E-state index contributed by atoms with van der Waals surface area (Å²) in [5.41, 5.74) is 5.11. The lowest BCUT2D eigenvalue weighted by Gasteiger charge is -2.06. The summed E-state index contributed by atoms with van der Waals surface area (Å²) in [5.74, 6) is -1.07. The molecule has 0 spiro atoms. The Hall–Kier alpha value is -0.510. The monoisotopic (exact) mass is 209 g/mol. The third-order valence-electron chi connectivity index (χ3n) is 1.44. The molecule has 0 bridgehead atoms. The third-order valence-corrected chi connectivity index (χ3v) is 2.01. The van der Waals surface area contributed by atoms with Crippen LogP contribution in [0.5, 0.6) is 5.75 Å². The molecule has 0 amide bonds. The lowest BCUT2D eigenvalue weighted by molar-refractivity contribution is 0.459. The standard InChI is InChI=1S/C7H6Cl2FNO/c8-4-1-5(9)7(12)3(2-11)6(4)10/h1,12H,2,11H2. The zero-order chi connectivity index (χ0) is 9.30. The Labute approximate surface area is 78.7 Å². The molecule has 0 radical (unpaired) electrons. The van der Waals surface area contributed by atoms with E-state index in [1.165, 1.54) is 0 Å². The van der Waals surface area contributed by atoms with Crippen molar-refractivity contribution in [3.05, 3.63) is 27.5 Å². The van der Waals surface area contributed by atoms with Gasteiger partial charge in [0.15, 0.2) is 0 Å². The minimum absolute atomic E-state index is 0.00171. The van der Waals surface area contributed by atoms with Gasteiger partial charge in [0, 0.05) is 12.1 Å². The van der Waals surface area contributed by atoms with E-state index in [9.17, 15) is 9.50 Å². The highest BCUT2D eigenvalue weighted by atomic mass is 35.5. The van der Waals surface area contributed by atoms with Crippen LogP contribution in [0, 0.1) is 5.82 Å². The van der Waals surface area contributed by atoms with Crippen LogP contribution >= 0.6 is 23.2 Å². The van der Waals surface area contributed by atoms with Crippen LogP contribution in [0.1, 0.15) is 5.56 Å². The number of phenolic OH excluding ortho intramolecular Hbond substituents is 1. The molecular weight excluding hydrogens is 204 g/mol. The number of rotatable bonds is 1. The van der Waals surface area contributed by atoms with E-state index in [-0.39, 0.29) is 27.9 Å². The van der Waals surface area contributed by atoms with Gasteiger partial charge in [-0.25, -0.2) is 4.39 Å². The fourth-order valence-corrected chi connectivity index (χ4v) is 1.32. The molecule has 5 heteroatoms. The maximum absolute atomic E-state index is 13.0. The first-order chi connectivity index (χ1) is 5.57. The molecule has 0 fully saturated rings. The Bertz CT molecular complexity index is 291. The molecule has 1 aromatic rings. The van der Waals surface area contributed by atoms with E-state index in [1.807, 2.05) is 0 Å². The molecule has 0 aliphatic rings. The van der Waals surface area contributed by atoms with Crippen LogP contribution in [-0.4, -0.2) is 5.11 Å². The Morgan fingerprint density at radius 3 is 2.50 bits per heavy atom. The number of benzene rings is 1. The van der Waals surface area contributed by atoms with Crippen LogP contribution in [0.15, 0.2) is 6.07 Å². The lowest BCUT2D eigenvalue weighted by atomic mass is 10.2. The second-order valence-corrected chi connectivity index (χ2v) is 3.00. The van der Waals surface area contributed by atoms with Crippen molar-refractivity contribution in [2.75, 3.05) is 0 Å². The molecule has 66 valence electrons. The summed E-state index contributed by atoms with van der Waals surface area (Å²) in [6.45, 7) is -0.141. The van der Waals surface area contributed by atoms with Crippen LogP contribution in [0.2, 0.25) is 10.0 Å². The van der Waals surface area contributed by atoms with E-state index in [1.54, 1.807) is 0 Å². The first-order valence-electron chi connectivity index (χ1n) is 3.13. The molecule has 0 saturated heterocycles. The van der Waals surface area contributed by atoms with Gasteiger partial charge in [-0.15, -0.1) is 0 Å². The maximum Gasteiger partial charge on any atom is 0.150 e. The second kappa shape index (κ2) is 3.47. The maximum atomic E-state index is 13.0. The quantitative estimate of drug-likeness (QED) is 0.698. The molecule has 1 aromatic carbocycles. The number of halogens is 3. The van der Waals surface area contributed by atoms with Gasteiger partial charge in [-0.3, -0.25) is 0 Å². The molecular formula is C7H6Cl2FNO. The van der Waals surface area contributed by atoms with E-state index < -0.39 is 5.82 Å². The number of aromatic hydroxyl groups is 1. The normalized spacial score (nSPS) is 10.3. The Morgan fingerprint density at radius 2 is 2.00 bits per heavy atom. The van der Waals surface area contributed by atoms with Crippen molar-refractivity contribution in [2.45, 2.75) is 6.54 Å². The van der Waals surface area contributed by atoms with Gasteiger partial charge in [0.25, 0.3) is 0 Å². The smallest absolute Gasteiger partial charge is 0.150 e. The molecule has 0 saturated carbocycles. The highest BCUT2D eigenvalue weighted by Crippen LogP contribution is 2.33. The van der Waals surface area contributed by atoms with Gasteiger partial charge in [-0.2, -0.15) is 0 Å². The van der Waals surface area contributed by atoms with Gasteiger partial charge in [0.2, 0.25) is 0 Å². The molecule has 0 unspecified atom stereocenters. The minimum Gasteiger partial charge on any atom is -0.506 e. The van der Waals surface area contributed by atoms with Gasteiger partial charge in [0.1, 0.15) is 11.6 Å². The van der Waals surface area contributed by atoms with Crippen molar-refractivity contribution >= 4 is 23.2 Å². The number of nitrogens with two attached hydrogens (primary N) is 1. The van der Waals surface area contributed by atoms with Crippen LogP contribution in [-0.2, 0) is 6.54 Å². The van der Waals surface area contributed by atoms with Gasteiger partial charge < -0.3 is 10.8 Å². The number of phenols is 1. The minimum atomic E-state index is -0.721. The van der Waals surface area contributed by atoms with Crippen molar-refractivity contribution in [1.29, 1.82) is 0 Å². The van der Waals surface area contributed by atoms with Crippen LogP contribution < -0.4 is 5.73 Å². The second-order valence-electron chi connectivity index (χ2n) is 2.19. The molecule has 0 aliphatic heterocycles. The largest absolute Gasteiger partial charge is 0.506 e. The van der Waals surface area contributed by atoms with Crippen LogP contribution in [0.3, 0.4) is 0 Å². The average molecular weight is 210 g/mol. The zero-order valence-electron chi connectivity index (χ0n) is 5.94. The first kappa shape index (κ1) is 9.58. The summed E-state index contributed by atoms with van der Waals surface area (Å²) in [6, 6.07) is 1.13. The van der Waals surface area contributed by atoms with Gasteiger partial charge in [-0.1, -0.05) is 23.2 Å². The SMILES string of the molecule is NCc1c(O)c(Cl)cc(Cl)c1F. The van der Waals surface area contributed by atoms with Gasteiger partial charge in [0.05, 0.1) is 10.0 Å². The summed E-state index contributed by atoms with van der Waals surface area (Å²) in [4.78, 5) is 0. The summed E-state index contributed by atoms with van der Waals surface area (Å²) in [5, 5.41) is 9.05. The summed E-state index contributed by atoms with van der Waals surface area (Å²) >= 11 is 11.0. The van der Waals surface area contributed by atoms with Crippen molar-refractivity contribution in [3.8, 4) is 5.75 Å². The van der Waals surface area contributed by atoms with E-state index in [0.29, 0.717) is 0 Å². The predicted molar refractivity (Wildman–Crippen MR) is 46.0 cm³/mol. The van der Waals surface area contributed by atoms with Crippen molar-refractivity contribution in [3.63, 3.8) is 0 Å². The fraction of sp³-hybridized carbons (Fsp3) is 0.143. The van der Waals surface area contributed by atoms with E-state index in [0.717, 1.165) is 6.07 Å². The number of hydrogen-bond donors (Lipinski definition) is 2. The predicted octanol–water partition coefficient (Wildman–Crippen LogP) is 2.30. The van der Waals surface area contributed by atoms with Crippen molar-refractivity contribution in [2.24, 2.45) is 5.73 Å². The lowest BCUT2D eigenvalue weighted by Crippen LogP contribution is -2.01. The Kier molecular flexibility index (Phi) is 2.77. The fourth-order valence-electron chi connectivity index (χ4n) is 0.822. The topological polar surface area (TPSA) is 46.2 Å². The van der Waals surface area contributed by atoms with E-state index in [4.69, 9.17) is 28.9 Å². The molecule has 0 heterocycles. The molecule has 1 rings (SSSR count). The average Bonchev–Trinajstić information content (AvgIpc) is 2.02. The molecule has 0 aliphatic carbocycles. The Morgan fingerprint density at radius 1 is 1.42 bits per heavy atom. The van der Waals surface area contributed by atoms with E-state index in [2.05, 4.69) is 0 Å². The summed E-state index contributed by atoms with van der Waals surface area (Å²) in [6.07, 6.45) is 0. The molecule has 0 aromatic heterocycles. The summed E-state index contributed by atoms with van der Waals surface area (Å²) < 4.78 is 13.0. The molecule has 12 heavy (non-hydrogen) atoms. The number of hydrogen-bond acceptors (Lipinski definition) is 2. The zero-order valence-corrected chi connectivity index (χ0v) is 7.45. The van der Waals surface area contributed by atoms with E-state index >= 15 is 0 Å². The molecule has 2 nitrogen and oxygen atoms in total. The van der Waals surface area contributed by atoms with Gasteiger partial charge >= 0.3 is 0 Å². The van der Waals surface area contributed by atoms with Crippen molar-refractivity contribution in [1.82, 2.24) is 0 Å². The van der Waals surface area contributed by atoms with Crippen molar-refractivity contribution < 1.29 is 9.50 Å². The molecule has 0 atom stereocenters. The highest BCUT2D eigenvalue weighted by molar-refractivity contribution is 6.35. The Balaban J connectivity index is 3.42. The van der Waals surface area contributed by atoms with Crippen LogP contribution in [0.25, 0.3) is 0 Å². The first-order valence-corrected chi connectivity index (χ1v) is 3.89. The van der Waals surface area contributed by atoms with Crippen LogP contribution in [0.4, 0.5) is 4.39 Å². The third kappa shape index (κ3) is 1.48. The van der Waals surface area contributed by atoms with Gasteiger partial charge in [-0.05, 0) is 6.07 Å². The molecule has 3 N–H and O–H groups in total. The highest BCUT2D eigenvalue weighted by Gasteiger charge is 2.14.